The monoisotopic (exact) mass is 418 g/mol. The van der Waals surface area contributed by atoms with Crippen molar-refractivity contribution < 1.29 is 4.74 Å². The summed E-state index contributed by atoms with van der Waals surface area (Å²) in [4.78, 5) is 5.58. The summed E-state index contributed by atoms with van der Waals surface area (Å²) in [5, 5.41) is 4.52. The van der Waals surface area contributed by atoms with Gasteiger partial charge in [0.2, 0.25) is 0 Å². The molecule has 0 aliphatic heterocycles. The van der Waals surface area contributed by atoms with E-state index in [1.54, 1.807) is 11.3 Å². The topological polar surface area (TPSA) is 34.1 Å². The zero-order valence-electron chi connectivity index (χ0n) is 11.4. The molecule has 20 heavy (non-hydrogen) atoms. The number of benzene rings is 1. The van der Waals surface area contributed by atoms with E-state index in [-0.39, 0.29) is 0 Å². The lowest BCUT2D eigenvalue weighted by atomic mass is 10.2. The highest BCUT2D eigenvalue weighted by Crippen LogP contribution is 2.34. The molecule has 0 fully saturated rings. The van der Waals surface area contributed by atoms with Crippen molar-refractivity contribution in [2.24, 2.45) is 0 Å². The Hall–Kier alpha value is -0.430. The number of hydrogen-bond acceptors (Lipinski definition) is 4. The first kappa shape index (κ1) is 15.9. The first-order chi connectivity index (χ1) is 9.60. The van der Waals surface area contributed by atoms with Crippen LogP contribution in [-0.4, -0.2) is 11.6 Å². The van der Waals surface area contributed by atoms with Gasteiger partial charge in [0.1, 0.15) is 10.8 Å². The molecule has 0 spiro atoms. The molecule has 0 saturated heterocycles. The SMILES string of the molecule is CCOc1c(Br)cc(CNCc2ncc(C)s2)cc1Br. The maximum atomic E-state index is 5.58. The van der Waals surface area contributed by atoms with Crippen LogP contribution in [0.5, 0.6) is 5.75 Å². The first-order valence-corrected chi connectivity index (χ1v) is 8.73. The molecule has 1 N–H and O–H groups in total. The van der Waals surface area contributed by atoms with Crippen LogP contribution in [0.2, 0.25) is 0 Å². The predicted octanol–water partition coefficient (Wildman–Crippen LogP) is 4.67. The Labute approximate surface area is 140 Å². The highest BCUT2D eigenvalue weighted by atomic mass is 79.9. The van der Waals surface area contributed by atoms with E-state index >= 15 is 0 Å². The molecule has 0 bridgehead atoms. The Bertz CT molecular complexity index is 563. The molecule has 2 rings (SSSR count). The number of halogens is 2. The molecule has 108 valence electrons. The van der Waals surface area contributed by atoms with Gasteiger partial charge in [0, 0.05) is 24.2 Å². The fourth-order valence-corrected chi connectivity index (χ4v) is 4.06. The predicted molar refractivity (Wildman–Crippen MR) is 90.4 cm³/mol. The van der Waals surface area contributed by atoms with Gasteiger partial charge in [-0.15, -0.1) is 11.3 Å². The van der Waals surface area contributed by atoms with Crippen LogP contribution >= 0.6 is 43.2 Å². The fourth-order valence-electron chi connectivity index (χ4n) is 1.79. The number of thiazole rings is 1. The second-order valence-corrected chi connectivity index (χ2v) is 7.32. The summed E-state index contributed by atoms with van der Waals surface area (Å²) in [6, 6.07) is 4.16. The number of nitrogens with zero attached hydrogens (tertiary/aromatic N) is 1. The molecule has 0 atom stereocenters. The van der Waals surface area contributed by atoms with E-state index in [2.05, 4.69) is 61.2 Å². The van der Waals surface area contributed by atoms with Gasteiger partial charge in [-0.05, 0) is 63.4 Å². The van der Waals surface area contributed by atoms with E-state index in [1.165, 1.54) is 10.4 Å². The molecule has 0 aliphatic rings. The van der Waals surface area contributed by atoms with Crippen LogP contribution in [0.3, 0.4) is 0 Å². The highest BCUT2D eigenvalue weighted by Gasteiger charge is 2.08. The van der Waals surface area contributed by atoms with Gasteiger partial charge in [-0.25, -0.2) is 4.98 Å². The lowest BCUT2D eigenvalue weighted by Gasteiger charge is -2.11. The normalized spacial score (nSPS) is 10.8. The first-order valence-electron chi connectivity index (χ1n) is 6.33. The summed E-state index contributed by atoms with van der Waals surface area (Å²) >= 11 is 8.82. The zero-order valence-corrected chi connectivity index (χ0v) is 15.4. The largest absolute Gasteiger partial charge is 0.492 e. The average molecular weight is 420 g/mol. The maximum Gasteiger partial charge on any atom is 0.147 e. The maximum absolute atomic E-state index is 5.58. The lowest BCUT2D eigenvalue weighted by molar-refractivity contribution is 0.336. The van der Waals surface area contributed by atoms with Crippen molar-refractivity contribution in [1.29, 1.82) is 0 Å². The van der Waals surface area contributed by atoms with Crippen molar-refractivity contribution >= 4 is 43.2 Å². The van der Waals surface area contributed by atoms with Crippen LogP contribution in [-0.2, 0) is 13.1 Å². The molecule has 0 aliphatic carbocycles. The van der Waals surface area contributed by atoms with Gasteiger partial charge in [-0.1, -0.05) is 0 Å². The molecule has 0 radical (unpaired) electrons. The minimum atomic E-state index is 0.651. The second kappa shape index (κ2) is 7.54. The molecule has 0 saturated carbocycles. The van der Waals surface area contributed by atoms with Crippen molar-refractivity contribution in [3.05, 3.63) is 42.7 Å². The van der Waals surface area contributed by atoms with E-state index in [4.69, 9.17) is 4.74 Å². The second-order valence-electron chi connectivity index (χ2n) is 4.29. The molecular weight excluding hydrogens is 404 g/mol. The van der Waals surface area contributed by atoms with Crippen LogP contribution in [0, 0.1) is 6.92 Å². The average Bonchev–Trinajstić information content (AvgIpc) is 2.80. The molecule has 1 aromatic heterocycles. The Morgan fingerprint density at radius 3 is 2.50 bits per heavy atom. The van der Waals surface area contributed by atoms with Gasteiger partial charge in [-0.2, -0.15) is 0 Å². The van der Waals surface area contributed by atoms with Crippen molar-refractivity contribution in [3.63, 3.8) is 0 Å². The summed E-state index contributed by atoms with van der Waals surface area (Å²) < 4.78 is 7.51. The molecule has 1 aromatic carbocycles. The van der Waals surface area contributed by atoms with Gasteiger partial charge in [-0.3, -0.25) is 0 Å². The standard InChI is InChI=1S/C14H16Br2N2OS/c1-3-19-14-11(15)4-10(5-12(14)16)7-17-8-13-18-6-9(2)20-13/h4-6,17H,3,7-8H2,1-2H3. The molecular formula is C14H16Br2N2OS. The van der Waals surface area contributed by atoms with Gasteiger partial charge in [0.25, 0.3) is 0 Å². The number of hydrogen-bond donors (Lipinski definition) is 1. The van der Waals surface area contributed by atoms with E-state index in [1.807, 2.05) is 13.1 Å². The van der Waals surface area contributed by atoms with Gasteiger partial charge in [0.15, 0.2) is 0 Å². The fraction of sp³-hybridized carbons (Fsp3) is 0.357. The third-order valence-electron chi connectivity index (χ3n) is 2.62. The molecule has 0 amide bonds. The molecule has 3 nitrogen and oxygen atoms in total. The molecule has 2 aromatic rings. The van der Waals surface area contributed by atoms with Gasteiger partial charge >= 0.3 is 0 Å². The zero-order chi connectivity index (χ0) is 14.5. The van der Waals surface area contributed by atoms with Crippen LogP contribution < -0.4 is 10.1 Å². The summed E-state index contributed by atoms with van der Waals surface area (Å²) in [5.74, 6) is 0.854. The quantitative estimate of drug-likeness (QED) is 0.738. The van der Waals surface area contributed by atoms with Crippen LogP contribution in [0.1, 0.15) is 22.4 Å². The van der Waals surface area contributed by atoms with Crippen molar-refractivity contribution in [2.75, 3.05) is 6.61 Å². The van der Waals surface area contributed by atoms with Crippen LogP contribution in [0.15, 0.2) is 27.3 Å². The minimum Gasteiger partial charge on any atom is -0.492 e. The summed E-state index contributed by atoms with van der Waals surface area (Å²) in [5.41, 5.74) is 1.19. The third-order valence-corrected chi connectivity index (χ3v) is 4.71. The van der Waals surface area contributed by atoms with Crippen LogP contribution in [0.4, 0.5) is 0 Å². The summed E-state index contributed by atoms with van der Waals surface area (Å²) in [6.07, 6.45) is 1.91. The minimum absolute atomic E-state index is 0.651. The Balaban J connectivity index is 1.96. The van der Waals surface area contributed by atoms with Gasteiger partial charge < -0.3 is 10.1 Å². The highest BCUT2D eigenvalue weighted by molar-refractivity contribution is 9.11. The summed E-state index contributed by atoms with van der Waals surface area (Å²) in [6.45, 7) is 6.29. The van der Waals surface area contributed by atoms with E-state index in [9.17, 15) is 0 Å². The molecule has 1 heterocycles. The Kier molecular flexibility index (Phi) is 6.01. The van der Waals surface area contributed by atoms with Crippen LogP contribution in [0.25, 0.3) is 0 Å². The van der Waals surface area contributed by atoms with E-state index < -0.39 is 0 Å². The number of aryl methyl sites for hydroxylation is 1. The third kappa shape index (κ3) is 4.28. The van der Waals surface area contributed by atoms with Gasteiger partial charge in [0.05, 0.1) is 15.6 Å². The Morgan fingerprint density at radius 1 is 1.25 bits per heavy atom. The smallest absolute Gasteiger partial charge is 0.147 e. The molecule has 0 unspecified atom stereocenters. The van der Waals surface area contributed by atoms with Crippen molar-refractivity contribution in [1.82, 2.24) is 10.3 Å². The number of ether oxygens (including phenoxy) is 1. The lowest BCUT2D eigenvalue weighted by Crippen LogP contribution is -2.12. The molecule has 6 heteroatoms. The number of nitrogens with one attached hydrogen (secondary N) is 1. The van der Waals surface area contributed by atoms with E-state index in [0.29, 0.717) is 6.61 Å². The van der Waals surface area contributed by atoms with E-state index in [0.717, 1.165) is 32.8 Å². The van der Waals surface area contributed by atoms with Crippen molar-refractivity contribution in [3.8, 4) is 5.75 Å². The number of rotatable bonds is 6. The number of aromatic nitrogens is 1. The summed E-state index contributed by atoms with van der Waals surface area (Å²) in [7, 11) is 0. The van der Waals surface area contributed by atoms with Crippen molar-refractivity contribution in [2.45, 2.75) is 26.9 Å². The Morgan fingerprint density at radius 2 is 1.95 bits per heavy atom.